The molecule has 0 radical (unpaired) electrons. The molecule has 0 aliphatic heterocycles. The first kappa shape index (κ1) is 19.5. The maximum Gasteiger partial charge on any atom is 0.159 e. The minimum absolute atomic E-state index is 0.591. The van der Waals surface area contributed by atoms with E-state index in [0.717, 1.165) is 23.3 Å². The maximum atomic E-state index is 4.85. The summed E-state index contributed by atoms with van der Waals surface area (Å²) in [5.41, 5.74) is 4.75. The van der Waals surface area contributed by atoms with Gasteiger partial charge in [-0.15, -0.1) is 10.2 Å². The third-order valence-electron chi connectivity index (χ3n) is 7.75. The number of fused-ring (bicyclic) bond motifs is 2. The lowest BCUT2D eigenvalue weighted by Crippen LogP contribution is -2.45. The van der Waals surface area contributed by atoms with Crippen molar-refractivity contribution < 1.29 is 0 Å². The van der Waals surface area contributed by atoms with Gasteiger partial charge in [0.15, 0.2) is 5.82 Å². The SMILES string of the molecule is Cc1cccc(C)c1-c1nnc(N(C)C2CCC[C@H]3CCCC[C@@H]23)c2ccccc12. The molecular formula is C27H33N3. The highest BCUT2D eigenvalue weighted by molar-refractivity contribution is 6.01. The lowest BCUT2D eigenvalue weighted by atomic mass is 9.68. The van der Waals surface area contributed by atoms with Gasteiger partial charge in [0.25, 0.3) is 0 Å². The van der Waals surface area contributed by atoms with Crippen LogP contribution in [0.15, 0.2) is 42.5 Å². The van der Waals surface area contributed by atoms with Gasteiger partial charge in [0.05, 0.1) is 0 Å². The molecule has 0 saturated heterocycles. The second-order valence-corrected chi connectivity index (χ2v) is 9.50. The molecule has 1 aromatic heterocycles. The van der Waals surface area contributed by atoms with Crippen molar-refractivity contribution in [2.75, 3.05) is 11.9 Å². The fourth-order valence-electron chi connectivity index (χ4n) is 6.27. The Labute approximate surface area is 180 Å². The molecule has 1 heterocycles. The van der Waals surface area contributed by atoms with Gasteiger partial charge < -0.3 is 4.90 Å². The van der Waals surface area contributed by atoms with Gasteiger partial charge in [-0.1, -0.05) is 74.6 Å². The van der Waals surface area contributed by atoms with Crippen LogP contribution in [0, 0.1) is 25.7 Å². The van der Waals surface area contributed by atoms with E-state index in [4.69, 9.17) is 10.2 Å². The predicted molar refractivity (Wildman–Crippen MR) is 126 cm³/mol. The number of hydrogen-bond donors (Lipinski definition) is 0. The van der Waals surface area contributed by atoms with E-state index < -0.39 is 0 Å². The van der Waals surface area contributed by atoms with E-state index >= 15 is 0 Å². The molecule has 3 nitrogen and oxygen atoms in total. The highest BCUT2D eigenvalue weighted by atomic mass is 15.3. The van der Waals surface area contributed by atoms with E-state index in [9.17, 15) is 0 Å². The normalized spacial score (nSPS) is 23.9. The van der Waals surface area contributed by atoms with Crippen molar-refractivity contribution in [3.8, 4) is 11.3 Å². The molecule has 3 aromatic rings. The van der Waals surface area contributed by atoms with Crippen LogP contribution in [0.1, 0.15) is 56.1 Å². The predicted octanol–water partition coefficient (Wildman–Crippen LogP) is 6.71. The average Bonchev–Trinajstić information content (AvgIpc) is 2.78. The van der Waals surface area contributed by atoms with Crippen LogP contribution in [0.25, 0.3) is 22.0 Å². The molecule has 2 saturated carbocycles. The van der Waals surface area contributed by atoms with Crippen molar-refractivity contribution in [2.24, 2.45) is 11.8 Å². The van der Waals surface area contributed by atoms with Crippen LogP contribution in [0.5, 0.6) is 0 Å². The van der Waals surface area contributed by atoms with Crippen molar-refractivity contribution in [2.45, 2.75) is 64.8 Å². The second kappa shape index (κ2) is 8.02. The number of aryl methyl sites for hydroxylation is 2. The number of nitrogens with zero attached hydrogens (tertiary/aromatic N) is 3. The summed E-state index contributed by atoms with van der Waals surface area (Å²) >= 11 is 0. The zero-order chi connectivity index (χ0) is 20.7. The molecule has 2 aliphatic rings. The van der Waals surface area contributed by atoms with Crippen molar-refractivity contribution >= 4 is 16.6 Å². The Balaban J connectivity index is 1.60. The molecule has 5 rings (SSSR count). The molecule has 3 heteroatoms. The van der Waals surface area contributed by atoms with Crippen LogP contribution >= 0.6 is 0 Å². The van der Waals surface area contributed by atoms with E-state index in [0.29, 0.717) is 6.04 Å². The minimum atomic E-state index is 0.591. The first-order valence-electron chi connectivity index (χ1n) is 11.7. The Kier molecular flexibility index (Phi) is 5.22. The molecule has 0 spiro atoms. The van der Waals surface area contributed by atoms with Gasteiger partial charge in [-0.05, 0) is 49.7 Å². The van der Waals surface area contributed by atoms with Crippen molar-refractivity contribution in [1.82, 2.24) is 10.2 Å². The van der Waals surface area contributed by atoms with Crippen LogP contribution in [-0.2, 0) is 0 Å². The molecule has 156 valence electrons. The Hall–Kier alpha value is -2.42. The Morgan fingerprint density at radius 2 is 1.47 bits per heavy atom. The van der Waals surface area contributed by atoms with Crippen LogP contribution in [0.3, 0.4) is 0 Å². The van der Waals surface area contributed by atoms with E-state index in [1.54, 1.807) is 0 Å². The zero-order valence-electron chi connectivity index (χ0n) is 18.6. The Morgan fingerprint density at radius 3 is 2.27 bits per heavy atom. The summed E-state index contributed by atoms with van der Waals surface area (Å²) in [5, 5.41) is 12.1. The van der Waals surface area contributed by atoms with Gasteiger partial charge in [0.2, 0.25) is 0 Å². The number of anilines is 1. The lowest BCUT2D eigenvalue weighted by Gasteiger charge is -2.45. The summed E-state index contributed by atoms with van der Waals surface area (Å²) < 4.78 is 0. The summed E-state index contributed by atoms with van der Waals surface area (Å²) in [7, 11) is 2.26. The monoisotopic (exact) mass is 399 g/mol. The van der Waals surface area contributed by atoms with E-state index in [1.807, 2.05) is 0 Å². The minimum Gasteiger partial charge on any atom is -0.354 e. The van der Waals surface area contributed by atoms with E-state index in [1.165, 1.54) is 72.4 Å². The molecule has 30 heavy (non-hydrogen) atoms. The molecule has 2 aromatic carbocycles. The summed E-state index contributed by atoms with van der Waals surface area (Å²) in [4.78, 5) is 2.48. The fourth-order valence-corrected chi connectivity index (χ4v) is 6.27. The smallest absolute Gasteiger partial charge is 0.159 e. The van der Waals surface area contributed by atoms with Gasteiger partial charge in [0, 0.05) is 29.4 Å². The van der Waals surface area contributed by atoms with Crippen molar-refractivity contribution in [3.63, 3.8) is 0 Å². The summed E-state index contributed by atoms with van der Waals surface area (Å²) in [6.45, 7) is 4.34. The van der Waals surface area contributed by atoms with Gasteiger partial charge in [-0.3, -0.25) is 0 Å². The maximum absolute atomic E-state index is 4.85. The van der Waals surface area contributed by atoms with Gasteiger partial charge in [-0.25, -0.2) is 0 Å². The van der Waals surface area contributed by atoms with Crippen LogP contribution in [0.4, 0.5) is 5.82 Å². The molecule has 3 atom stereocenters. The molecular weight excluding hydrogens is 366 g/mol. The largest absolute Gasteiger partial charge is 0.354 e. The van der Waals surface area contributed by atoms with Gasteiger partial charge in [-0.2, -0.15) is 0 Å². The third kappa shape index (κ3) is 3.29. The summed E-state index contributed by atoms with van der Waals surface area (Å²) in [6, 6.07) is 15.8. The summed E-state index contributed by atoms with van der Waals surface area (Å²) in [6.07, 6.45) is 9.67. The van der Waals surface area contributed by atoms with Crippen LogP contribution in [0.2, 0.25) is 0 Å². The third-order valence-corrected chi connectivity index (χ3v) is 7.75. The van der Waals surface area contributed by atoms with E-state index in [2.05, 4.69) is 68.3 Å². The first-order valence-corrected chi connectivity index (χ1v) is 11.7. The fraction of sp³-hybridized carbons (Fsp3) is 0.481. The Morgan fingerprint density at radius 1 is 0.767 bits per heavy atom. The van der Waals surface area contributed by atoms with Gasteiger partial charge >= 0.3 is 0 Å². The first-order chi connectivity index (χ1) is 14.6. The quantitative estimate of drug-likeness (QED) is 0.490. The van der Waals surface area contributed by atoms with E-state index in [-0.39, 0.29) is 0 Å². The molecule has 0 N–H and O–H groups in total. The average molecular weight is 400 g/mol. The number of rotatable bonds is 3. The molecule has 0 amide bonds. The second-order valence-electron chi connectivity index (χ2n) is 9.50. The van der Waals surface area contributed by atoms with Crippen molar-refractivity contribution in [1.29, 1.82) is 0 Å². The Bertz CT molecular complexity index is 1030. The highest BCUT2D eigenvalue weighted by Gasteiger charge is 2.37. The zero-order valence-corrected chi connectivity index (χ0v) is 18.6. The van der Waals surface area contributed by atoms with Crippen molar-refractivity contribution in [3.05, 3.63) is 53.6 Å². The molecule has 0 bridgehead atoms. The summed E-state index contributed by atoms with van der Waals surface area (Å²) in [5.74, 6) is 2.78. The molecule has 1 unspecified atom stereocenters. The number of aromatic nitrogens is 2. The molecule has 2 aliphatic carbocycles. The van der Waals surface area contributed by atoms with Crippen LogP contribution < -0.4 is 4.90 Å². The number of hydrogen-bond acceptors (Lipinski definition) is 3. The van der Waals surface area contributed by atoms with Crippen LogP contribution in [-0.4, -0.2) is 23.3 Å². The highest BCUT2D eigenvalue weighted by Crippen LogP contribution is 2.44. The lowest BCUT2D eigenvalue weighted by molar-refractivity contribution is 0.143. The van der Waals surface area contributed by atoms with Gasteiger partial charge in [0.1, 0.15) is 5.69 Å². The standard InChI is InChI=1S/C27H33N3/c1-18-10-8-11-19(2)25(18)26-22-15-6-7-16-23(22)27(29-28-26)30(3)24-17-9-13-20-12-4-5-14-21(20)24/h6-8,10-11,15-16,20-21,24H,4-5,9,12-14,17H2,1-3H3/t20-,21-,24?/m1/s1. The number of benzene rings is 2. The topological polar surface area (TPSA) is 29.0 Å². The molecule has 2 fully saturated rings.